The van der Waals surface area contributed by atoms with E-state index in [-0.39, 0.29) is 11.4 Å². The van der Waals surface area contributed by atoms with Crippen LogP contribution in [0.2, 0.25) is 5.15 Å². The molecule has 1 aliphatic carbocycles. The predicted molar refractivity (Wildman–Crippen MR) is 88.5 cm³/mol. The summed E-state index contributed by atoms with van der Waals surface area (Å²) >= 11 is 5.92. The molecule has 1 aromatic carbocycles. The molecule has 5 nitrogen and oxygen atoms in total. The van der Waals surface area contributed by atoms with Crippen molar-refractivity contribution in [3.63, 3.8) is 0 Å². The molecule has 3 N–H and O–H groups in total. The third-order valence-electron chi connectivity index (χ3n) is 4.31. The van der Waals surface area contributed by atoms with E-state index >= 15 is 0 Å². The van der Waals surface area contributed by atoms with Crippen LogP contribution in [0, 0.1) is 0 Å². The van der Waals surface area contributed by atoms with E-state index in [4.69, 9.17) is 22.1 Å². The van der Waals surface area contributed by atoms with E-state index in [1.165, 1.54) is 12.0 Å². The van der Waals surface area contributed by atoms with Gasteiger partial charge in [-0.25, -0.2) is 4.98 Å². The van der Waals surface area contributed by atoms with Gasteiger partial charge in [0, 0.05) is 23.6 Å². The molecule has 0 unspecified atom stereocenters. The Morgan fingerprint density at radius 2 is 2.09 bits per heavy atom. The number of rotatable bonds is 5. The molecule has 2 aromatic rings. The van der Waals surface area contributed by atoms with Crippen LogP contribution in [0.1, 0.15) is 24.8 Å². The van der Waals surface area contributed by atoms with Gasteiger partial charge in [-0.1, -0.05) is 36.2 Å². The second kappa shape index (κ2) is 6.01. The number of ether oxygens (including phenoxy) is 1. The van der Waals surface area contributed by atoms with Gasteiger partial charge in [0.05, 0.1) is 7.11 Å². The number of nitrogens with two attached hydrogens (primary N) is 1. The maximum Gasteiger partial charge on any atom is 0.223 e. The fraction of sp³-hybridized carbons (Fsp3) is 0.375. The first kappa shape index (κ1) is 14.9. The van der Waals surface area contributed by atoms with Crippen molar-refractivity contribution in [1.29, 1.82) is 0 Å². The van der Waals surface area contributed by atoms with Crippen molar-refractivity contribution in [3.8, 4) is 5.75 Å². The summed E-state index contributed by atoms with van der Waals surface area (Å²) in [7, 11) is 1.71. The molecule has 0 bridgehead atoms. The molecule has 116 valence electrons. The number of para-hydroxylation sites is 1. The minimum Gasteiger partial charge on any atom is -0.496 e. The summed E-state index contributed by atoms with van der Waals surface area (Å²) in [6.07, 6.45) is 3.45. The molecule has 1 fully saturated rings. The molecule has 0 atom stereocenters. The number of nitrogen functional groups attached to an aromatic ring is 1. The molecule has 1 aliphatic rings. The first-order valence-corrected chi connectivity index (χ1v) is 7.68. The molecule has 0 radical (unpaired) electrons. The summed E-state index contributed by atoms with van der Waals surface area (Å²) in [6.45, 7) is 0.764. The van der Waals surface area contributed by atoms with Crippen molar-refractivity contribution in [2.75, 3.05) is 24.7 Å². The maximum atomic E-state index is 5.92. The first-order valence-electron chi connectivity index (χ1n) is 7.30. The van der Waals surface area contributed by atoms with Gasteiger partial charge < -0.3 is 15.8 Å². The smallest absolute Gasteiger partial charge is 0.223 e. The van der Waals surface area contributed by atoms with Gasteiger partial charge in [0.15, 0.2) is 0 Å². The van der Waals surface area contributed by atoms with E-state index < -0.39 is 0 Å². The summed E-state index contributed by atoms with van der Waals surface area (Å²) in [5.74, 6) is 1.76. The predicted octanol–water partition coefficient (Wildman–Crippen LogP) is 3.25. The number of hydrogen-bond donors (Lipinski definition) is 2. The summed E-state index contributed by atoms with van der Waals surface area (Å²) in [5, 5.41) is 3.69. The highest BCUT2D eigenvalue weighted by atomic mass is 35.5. The van der Waals surface area contributed by atoms with E-state index in [0.29, 0.717) is 11.0 Å². The van der Waals surface area contributed by atoms with Crippen molar-refractivity contribution < 1.29 is 4.74 Å². The van der Waals surface area contributed by atoms with Crippen LogP contribution >= 0.6 is 11.6 Å². The molecular weight excluding hydrogens is 300 g/mol. The molecule has 0 saturated heterocycles. The number of aromatic nitrogens is 2. The average Bonchev–Trinajstić information content (AvgIpc) is 2.45. The van der Waals surface area contributed by atoms with Crippen molar-refractivity contribution >= 4 is 23.4 Å². The van der Waals surface area contributed by atoms with Gasteiger partial charge in [0.1, 0.15) is 16.7 Å². The molecule has 1 aromatic heterocycles. The van der Waals surface area contributed by atoms with Crippen molar-refractivity contribution in [1.82, 2.24) is 9.97 Å². The number of anilines is 2. The van der Waals surface area contributed by atoms with Gasteiger partial charge in [0.2, 0.25) is 5.95 Å². The van der Waals surface area contributed by atoms with Crippen LogP contribution in [0.5, 0.6) is 5.75 Å². The summed E-state index contributed by atoms with van der Waals surface area (Å²) in [6, 6.07) is 9.88. The molecule has 1 heterocycles. The Bertz CT molecular complexity index is 653. The molecule has 3 rings (SSSR count). The third kappa shape index (κ3) is 2.81. The Kier molecular flexibility index (Phi) is 4.07. The van der Waals surface area contributed by atoms with Crippen LogP contribution in [0.4, 0.5) is 11.8 Å². The minimum absolute atomic E-state index is 0.0682. The van der Waals surface area contributed by atoms with E-state index in [0.717, 1.165) is 25.1 Å². The third-order valence-corrected chi connectivity index (χ3v) is 4.50. The van der Waals surface area contributed by atoms with E-state index in [2.05, 4.69) is 27.4 Å². The van der Waals surface area contributed by atoms with Crippen molar-refractivity contribution in [2.45, 2.75) is 24.7 Å². The summed E-state index contributed by atoms with van der Waals surface area (Å²) in [4.78, 5) is 8.04. The van der Waals surface area contributed by atoms with Crippen LogP contribution in [-0.4, -0.2) is 23.6 Å². The normalized spacial score (nSPS) is 15.9. The van der Waals surface area contributed by atoms with Gasteiger partial charge in [-0.15, -0.1) is 0 Å². The molecular formula is C16H19ClN4O. The number of nitrogens with one attached hydrogen (secondary N) is 1. The topological polar surface area (TPSA) is 73.1 Å². The largest absolute Gasteiger partial charge is 0.496 e. The van der Waals surface area contributed by atoms with Crippen LogP contribution in [0.3, 0.4) is 0 Å². The highest BCUT2D eigenvalue weighted by molar-refractivity contribution is 6.29. The van der Waals surface area contributed by atoms with E-state index in [1.807, 2.05) is 12.1 Å². The fourth-order valence-corrected chi connectivity index (χ4v) is 3.20. The number of halogens is 1. The minimum atomic E-state index is 0.0682. The van der Waals surface area contributed by atoms with Gasteiger partial charge in [-0.05, 0) is 18.9 Å². The van der Waals surface area contributed by atoms with Gasteiger partial charge >= 0.3 is 0 Å². The molecule has 6 heteroatoms. The maximum absolute atomic E-state index is 5.92. The average molecular weight is 319 g/mol. The van der Waals surface area contributed by atoms with Crippen molar-refractivity contribution in [3.05, 3.63) is 41.0 Å². The molecule has 22 heavy (non-hydrogen) atoms. The lowest BCUT2D eigenvalue weighted by atomic mass is 9.64. The van der Waals surface area contributed by atoms with Gasteiger partial charge in [-0.2, -0.15) is 4.98 Å². The standard InChI is InChI=1S/C16H19ClN4O/c1-22-12-6-3-2-5-11(12)16(7-4-8-16)10-19-14-9-13(17)20-15(18)21-14/h2-3,5-6,9H,4,7-8,10H2,1H3,(H3,18,19,20,21). The second-order valence-electron chi connectivity index (χ2n) is 5.62. The highest BCUT2D eigenvalue weighted by Gasteiger charge is 2.40. The Balaban J connectivity index is 1.82. The number of methoxy groups -OCH3 is 1. The molecule has 0 spiro atoms. The number of hydrogen-bond acceptors (Lipinski definition) is 5. The van der Waals surface area contributed by atoms with Crippen LogP contribution in [-0.2, 0) is 5.41 Å². The van der Waals surface area contributed by atoms with Gasteiger partial charge in [0.25, 0.3) is 0 Å². The Labute approximate surface area is 134 Å². The second-order valence-corrected chi connectivity index (χ2v) is 6.01. The quantitative estimate of drug-likeness (QED) is 0.828. The SMILES string of the molecule is COc1ccccc1C1(CNc2cc(Cl)nc(N)n2)CCC1. The zero-order valence-electron chi connectivity index (χ0n) is 12.5. The Morgan fingerprint density at radius 3 is 2.73 bits per heavy atom. The first-order chi connectivity index (χ1) is 10.6. The van der Waals surface area contributed by atoms with Crippen LogP contribution < -0.4 is 15.8 Å². The fourth-order valence-electron chi connectivity index (χ4n) is 3.01. The van der Waals surface area contributed by atoms with Gasteiger partial charge in [-0.3, -0.25) is 0 Å². The van der Waals surface area contributed by atoms with Crippen LogP contribution in [0.25, 0.3) is 0 Å². The molecule has 0 aliphatic heterocycles. The Hall–Kier alpha value is -2.01. The number of nitrogens with zero attached hydrogens (tertiary/aromatic N) is 2. The Morgan fingerprint density at radius 1 is 1.32 bits per heavy atom. The highest BCUT2D eigenvalue weighted by Crippen LogP contribution is 2.47. The number of benzene rings is 1. The van der Waals surface area contributed by atoms with E-state index in [1.54, 1.807) is 13.2 Å². The lowest BCUT2D eigenvalue weighted by molar-refractivity contribution is 0.250. The molecule has 1 saturated carbocycles. The lowest BCUT2D eigenvalue weighted by Crippen LogP contribution is -2.41. The van der Waals surface area contributed by atoms with Crippen LogP contribution in [0.15, 0.2) is 30.3 Å². The zero-order chi connectivity index (χ0) is 15.6. The monoisotopic (exact) mass is 318 g/mol. The lowest BCUT2D eigenvalue weighted by Gasteiger charge is -2.43. The summed E-state index contributed by atoms with van der Waals surface area (Å²) < 4.78 is 5.52. The van der Waals surface area contributed by atoms with E-state index in [9.17, 15) is 0 Å². The summed E-state index contributed by atoms with van der Waals surface area (Å²) in [5.41, 5.74) is 6.94. The zero-order valence-corrected chi connectivity index (χ0v) is 13.2. The van der Waals surface area contributed by atoms with Crippen molar-refractivity contribution in [2.24, 2.45) is 0 Å². The molecule has 0 amide bonds.